The second-order valence-corrected chi connectivity index (χ2v) is 6.48. The van der Waals surface area contributed by atoms with E-state index in [1.54, 1.807) is 0 Å². The van der Waals surface area contributed by atoms with Gasteiger partial charge in [-0.1, -0.05) is 78.1 Å². The number of hydrogen-bond donors (Lipinski definition) is 1. The fourth-order valence-corrected chi connectivity index (χ4v) is 2.45. The van der Waals surface area contributed by atoms with E-state index < -0.39 is 0 Å². The van der Waals surface area contributed by atoms with E-state index in [-0.39, 0.29) is 5.41 Å². The van der Waals surface area contributed by atoms with Crippen molar-refractivity contribution in [2.24, 2.45) is 0 Å². The van der Waals surface area contributed by atoms with Gasteiger partial charge in [-0.05, 0) is 29.5 Å². The lowest BCUT2D eigenvalue weighted by molar-refractivity contribution is 0.486. The Morgan fingerprint density at radius 2 is 1.63 bits per heavy atom. The summed E-state index contributed by atoms with van der Waals surface area (Å²) in [5, 5.41) is 3.62. The zero-order chi connectivity index (χ0) is 14.3. The van der Waals surface area contributed by atoms with Gasteiger partial charge in [-0.15, -0.1) is 0 Å². The summed E-state index contributed by atoms with van der Waals surface area (Å²) < 4.78 is 0. The van der Waals surface area contributed by atoms with Gasteiger partial charge in [0.25, 0.3) is 0 Å². The van der Waals surface area contributed by atoms with Gasteiger partial charge in [0.1, 0.15) is 0 Å². The summed E-state index contributed by atoms with van der Waals surface area (Å²) in [4.78, 5) is 0. The Kier molecular flexibility index (Phi) is 6.57. The molecule has 1 nitrogen and oxygen atoms in total. The highest BCUT2D eigenvalue weighted by atomic mass is 14.9. The van der Waals surface area contributed by atoms with Gasteiger partial charge in [0.2, 0.25) is 0 Å². The largest absolute Gasteiger partial charge is 0.310 e. The molecule has 1 atom stereocenters. The lowest BCUT2D eigenvalue weighted by atomic mass is 9.86. The van der Waals surface area contributed by atoms with Crippen molar-refractivity contribution >= 4 is 0 Å². The molecule has 0 radical (unpaired) electrons. The number of nitrogens with one attached hydrogen (secondary N) is 1. The van der Waals surface area contributed by atoms with Crippen molar-refractivity contribution in [1.82, 2.24) is 5.32 Å². The first-order valence-corrected chi connectivity index (χ1v) is 7.82. The van der Waals surface area contributed by atoms with Crippen LogP contribution in [-0.4, -0.2) is 6.54 Å². The summed E-state index contributed by atoms with van der Waals surface area (Å²) in [6.45, 7) is 12.3. The molecule has 19 heavy (non-hydrogen) atoms. The van der Waals surface area contributed by atoms with Crippen LogP contribution < -0.4 is 5.32 Å². The van der Waals surface area contributed by atoms with Crippen LogP contribution in [0.25, 0.3) is 0 Å². The van der Waals surface area contributed by atoms with Crippen LogP contribution in [-0.2, 0) is 5.41 Å². The molecule has 0 aromatic heterocycles. The third-order valence-electron chi connectivity index (χ3n) is 3.73. The molecule has 108 valence electrons. The Morgan fingerprint density at radius 3 is 2.11 bits per heavy atom. The average Bonchev–Trinajstić information content (AvgIpc) is 2.37. The van der Waals surface area contributed by atoms with Gasteiger partial charge in [0, 0.05) is 6.04 Å². The summed E-state index contributed by atoms with van der Waals surface area (Å²) in [6.07, 6.45) is 5.19. The minimum atomic E-state index is 0.244. The molecule has 0 aliphatic carbocycles. The van der Waals surface area contributed by atoms with Gasteiger partial charge in [0.15, 0.2) is 0 Å². The Hall–Kier alpha value is -0.820. The first kappa shape index (κ1) is 16.2. The molecule has 1 N–H and O–H groups in total. The van der Waals surface area contributed by atoms with Gasteiger partial charge in [-0.25, -0.2) is 0 Å². The zero-order valence-electron chi connectivity index (χ0n) is 13.4. The predicted molar refractivity (Wildman–Crippen MR) is 85.7 cm³/mol. The van der Waals surface area contributed by atoms with E-state index >= 15 is 0 Å². The maximum atomic E-state index is 3.62. The van der Waals surface area contributed by atoms with Crippen LogP contribution in [0.1, 0.15) is 77.5 Å². The van der Waals surface area contributed by atoms with Crippen LogP contribution in [0.2, 0.25) is 0 Å². The van der Waals surface area contributed by atoms with Crippen molar-refractivity contribution in [3.05, 3.63) is 35.4 Å². The van der Waals surface area contributed by atoms with Crippen LogP contribution in [0.3, 0.4) is 0 Å². The monoisotopic (exact) mass is 261 g/mol. The van der Waals surface area contributed by atoms with Gasteiger partial charge in [-0.2, -0.15) is 0 Å². The van der Waals surface area contributed by atoms with E-state index in [4.69, 9.17) is 0 Å². The Bertz CT molecular complexity index is 345. The lowest BCUT2D eigenvalue weighted by Crippen LogP contribution is -2.21. The van der Waals surface area contributed by atoms with E-state index in [0.29, 0.717) is 6.04 Å². The molecular formula is C18H31N. The van der Waals surface area contributed by atoms with Crippen LogP contribution in [0.5, 0.6) is 0 Å². The number of benzene rings is 1. The highest BCUT2D eigenvalue weighted by Crippen LogP contribution is 2.25. The molecule has 0 amide bonds. The van der Waals surface area contributed by atoms with Crippen molar-refractivity contribution in [2.45, 2.75) is 71.8 Å². The molecule has 0 aliphatic rings. The summed E-state index contributed by atoms with van der Waals surface area (Å²) in [7, 11) is 0. The van der Waals surface area contributed by atoms with E-state index in [9.17, 15) is 0 Å². The third-order valence-corrected chi connectivity index (χ3v) is 3.73. The Labute approximate surface area is 119 Å². The van der Waals surface area contributed by atoms with Crippen molar-refractivity contribution in [3.63, 3.8) is 0 Å². The van der Waals surface area contributed by atoms with Crippen molar-refractivity contribution in [1.29, 1.82) is 0 Å². The van der Waals surface area contributed by atoms with Crippen molar-refractivity contribution in [2.75, 3.05) is 6.54 Å². The van der Waals surface area contributed by atoms with Gasteiger partial charge in [0.05, 0.1) is 0 Å². The summed E-state index contributed by atoms with van der Waals surface area (Å²) in [5.41, 5.74) is 3.10. The molecule has 1 aromatic rings. The van der Waals surface area contributed by atoms with Crippen molar-refractivity contribution < 1.29 is 0 Å². The average molecular weight is 261 g/mol. The van der Waals surface area contributed by atoms with Gasteiger partial charge < -0.3 is 5.32 Å². The van der Waals surface area contributed by atoms with Gasteiger partial charge in [-0.3, -0.25) is 0 Å². The fourth-order valence-electron chi connectivity index (χ4n) is 2.45. The summed E-state index contributed by atoms with van der Waals surface area (Å²) in [6, 6.07) is 9.71. The first-order chi connectivity index (χ1) is 8.99. The van der Waals surface area contributed by atoms with E-state index in [1.165, 1.54) is 36.8 Å². The molecule has 0 spiro atoms. The maximum Gasteiger partial charge on any atom is 0.0320 e. The molecule has 0 bridgehead atoms. The van der Waals surface area contributed by atoms with E-state index in [2.05, 4.69) is 64.2 Å². The molecule has 1 rings (SSSR count). The van der Waals surface area contributed by atoms with Crippen LogP contribution >= 0.6 is 0 Å². The van der Waals surface area contributed by atoms with Crippen LogP contribution in [0.4, 0.5) is 0 Å². The number of unbranched alkanes of at least 4 members (excludes halogenated alkanes) is 2. The van der Waals surface area contributed by atoms with Crippen LogP contribution in [0, 0.1) is 0 Å². The topological polar surface area (TPSA) is 12.0 Å². The zero-order valence-corrected chi connectivity index (χ0v) is 13.4. The minimum absolute atomic E-state index is 0.244. The molecule has 0 fully saturated rings. The van der Waals surface area contributed by atoms with E-state index in [0.717, 1.165) is 6.54 Å². The second-order valence-electron chi connectivity index (χ2n) is 6.48. The van der Waals surface area contributed by atoms with Crippen LogP contribution in [0.15, 0.2) is 24.3 Å². The standard InChI is InChI=1S/C18H31N/c1-6-8-9-10-17(19-7-2)15-11-13-16(14-12-15)18(3,4)5/h11-14,17,19H,6-10H2,1-5H3. The molecule has 0 saturated heterocycles. The van der Waals surface area contributed by atoms with Crippen molar-refractivity contribution in [3.8, 4) is 0 Å². The number of rotatable bonds is 7. The quantitative estimate of drug-likeness (QED) is 0.664. The molecule has 1 aromatic carbocycles. The fraction of sp³-hybridized carbons (Fsp3) is 0.667. The molecular weight excluding hydrogens is 230 g/mol. The minimum Gasteiger partial charge on any atom is -0.310 e. The highest BCUT2D eigenvalue weighted by Gasteiger charge is 2.15. The highest BCUT2D eigenvalue weighted by molar-refractivity contribution is 5.29. The Balaban J connectivity index is 2.73. The first-order valence-electron chi connectivity index (χ1n) is 7.82. The predicted octanol–water partition coefficient (Wildman–Crippen LogP) is 5.22. The van der Waals surface area contributed by atoms with Gasteiger partial charge >= 0.3 is 0 Å². The SMILES string of the molecule is CCCCCC(NCC)c1ccc(C(C)(C)C)cc1. The summed E-state index contributed by atoms with van der Waals surface area (Å²) in [5.74, 6) is 0. The lowest BCUT2D eigenvalue weighted by Gasteiger charge is -2.22. The Morgan fingerprint density at radius 1 is 1.00 bits per heavy atom. The molecule has 1 heteroatoms. The smallest absolute Gasteiger partial charge is 0.0320 e. The summed E-state index contributed by atoms with van der Waals surface area (Å²) >= 11 is 0. The van der Waals surface area contributed by atoms with E-state index in [1.807, 2.05) is 0 Å². The molecule has 0 heterocycles. The maximum absolute atomic E-state index is 3.62. The number of hydrogen-bond acceptors (Lipinski definition) is 1. The molecule has 1 unspecified atom stereocenters. The third kappa shape index (κ3) is 5.36. The second kappa shape index (κ2) is 7.69. The normalized spacial score (nSPS) is 13.5. The molecule has 0 saturated carbocycles. The molecule has 0 aliphatic heterocycles.